The van der Waals surface area contributed by atoms with Crippen molar-refractivity contribution in [2.24, 2.45) is 0 Å². The fraction of sp³-hybridized carbons (Fsp3) is 0.375. The van der Waals surface area contributed by atoms with Gasteiger partial charge in [-0.1, -0.05) is 36.2 Å². The van der Waals surface area contributed by atoms with Crippen molar-refractivity contribution in [2.75, 3.05) is 31.7 Å². The molecule has 0 unspecified atom stereocenters. The molecule has 13 heteroatoms. The number of benzene rings is 3. The molecule has 0 fully saturated rings. The van der Waals surface area contributed by atoms with Gasteiger partial charge in [0.05, 0.1) is 41.5 Å². The second kappa shape index (κ2) is 16.1. The quantitative estimate of drug-likeness (QED) is 0.212. The Hall–Kier alpha value is -3.67. The van der Waals surface area contributed by atoms with Crippen LogP contribution in [-0.2, 0) is 26.2 Å². The second-order valence-electron chi connectivity index (χ2n) is 10.3. The van der Waals surface area contributed by atoms with E-state index in [9.17, 15) is 18.0 Å². The average molecular weight is 681 g/mol. The number of carbonyl (C=O) groups is 2. The lowest BCUT2D eigenvalue weighted by atomic mass is 10.1. The van der Waals surface area contributed by atoms with Gasteiger partial charge in [0.15, 0.2) is 11.5 Å². The Kier molecular flexibility index (Phi) is 12.8. The van der Waals surface area contributed by atoms with E-state index < -0.39 is 28.5 Å². The summed E-state index contributed by atoms with van der Waals surface area (Å²) in [6, 6.07) is 14.4. The van der Waals surface area contributed by atoms with E-state index in [4.69, 9.17) is 37.4 Å². The van der Waals surface area contributed by atoms with Crippen LogP contribution < -0.4 is 23.8 Å². The van der Waals surface area contributed by atoms with Crippen molar-refractivity contribution in [3.8, 4) is 17.2 Å². The molecule has 0 spiro atoms. The highest BCUT2D eigenvalue weighted by Gasteiger charge is 2.34. The third-order valence-corrected chi connectivity index (χ3v) is 9.32. The van der Waals surface area contributed by atoms with Crippen molar-refractivity contribution in [3.05, 3.63) is 76.3 Å². The molecule has 1 atom stereocenters. The first kappa shape index (κ1) is 35.8. The molecule has 0 aliphatic carbocycles. The minimum absolute atomic E-state index is 0.0206. The molecule has 244 valence electrons. The molecule has 10 nitrogen and oxygen atoms in total. The number of nitrogens with one attached hydrogen (secondary N) is 1. The van der Waals surface area contributed by atoms with Gasteiger partial charge in [-0.3, -0.25) is 13.9 Å². The van der Waals surface area contributed by atoms with E-state index in [-0.39, 0.29) is 46.3 Å². The molecule has 0 saturated heterocycles. The molecule has 3 aromatic carbocycles. The van der Waals surface area contributed by atoms with E-state index in [1.165, 1.54) is 37.3 Å². The molecule has 0 bridgehead atoms. The number of nitrogens with zero attached hydrogens (tertiary/aromatic N) is 2. The SMILES string of the molecule is CCOc1ccc(N(CC(=O)N(Cc2ccc(Cl)c(Cl)c2)[C@H](CC)C(=O)NC(C)C)S(=O)(=O)c2ccc(OC)c(OC)c2)cc1. The van der Waals surface area contributed by atoms with Crippen molar-refractivity contribution in [1.82, 2.24) is 10.2 Å². The van der Waals surface area contributed by atoms with Crippen molar-refractivity contribution in [1.29, 1.82) is 0 Å². The predicted molar refractivity (Wildman–Crippen MR) is 176 cm³/mol. The van der Waals surface area contributed by atoms with E-state index >= 15 is 0 Å². The number of sulfonamides is 1. The largest absolute Gasteiger partial charge is 0.494 e. The van der Waals surface area contributed by atoms with E-state index in [1.54, 1.807) is 49.4 Å². The first-order valence-corrected chi connectivity index (χ1v) is 16.6. The molecular weight excluding hydrogens is 641 g/mol. The topological polar surface area (TPSA) is 114 Å². The summed E-state index contributed by atoms with van der Waals surface area (Å²) >= 11 is 12.4. The molecule has 1 N–H and O–H groups in total. The van der Waals surface area contributed by atoms with Crippen LogP contribution in [0, 0.1) is 0 Å². The summed E-state index contributed by atoms with van der Waals surface area (Å²) in [6.07, 6.45) is 0.275. The lowest BCUT2D eigenvalue weighted by Gasteiger charge is -2.33. The van der Waals surface area contributed by atoms with Gasteiger partial charge in [-0.05, 0) is 81.3 Å². The van der Waals surface area contributed by atoms with Crippen LogP contribution in [0.2, 0.25) is 10.0 Å². The fourth-order valence-electron chi connectivity index (χ4n) is 4.64. The smallest absolute Gasteiger partial charge is 0.264 e. The summed E-state index contributed by atoms with van der Waals surface area (Å²) in [4.78, 5) is 28.8. The number of hydrogen-bond donors (Lipinski definition) is 1. The summed E-state index contributed by atoms with van der Waals surface area (Å²) < 4.78 is 45.6. The van der Waals surface area contributed by atoms with Crippen molar-refractivity contribution < 1.29 is 32.2 Å². The van der Waals surface area contributed by atoms with Gasteiger partial charge < -0.3 is 24.4 Å². The molecule has 3 aromatic rings. The van der Waals surface area contributed by atoms with Gasteiger partial charge in [-0.25, -0.2) is 8.42 Å². The highest BCUT2D eigenvalue weighted by atomic mass is 35.5. The first-order valence-electron chi connectivity index (χ1n) is 14.4. The lowest BCUT2D eigenvalue weighted by molar-refractivity contribution is -0.140. The maximum Gasteiger partial charge on any atom is 0.264 e. The van der Waals surface area contributed by atoms with Gasteiger partial charge >= 0.3 is 0 Å². The summed E-state index contributed by atoms with van der Waals surface area (Å²) in [5.74, 6) is 0.110. The Morgan fingerprint density at radius 1 is 0.889 bits per heavy atom. The van der Waals surface area contributed by atoms with Crippen LogP contribution in [0.15, 0.2) is 65.6 Å². The normalized spacial score (nSPS) is 11.9. The highest BCUT2D eigenvalue weighted by Crippen LogP contribution is 2.33. The molecule has 3 rings (SSSR count). The molecule has 0 saturated carbocycles. The minimum atomic E-state index is -4.35. The first-order chi connectivity index (χ1) is 21.4. The summed E-state index contributed by atoms with van der Waals surface area (Å²) in [6.45, 7) is 7.04. The number of halogens is 2. The van der Waals surface area contributed by atoms with E-state index in [2.05, 4.69) is 5.32 Å². The molecule has 0 radical (unpaired) electrons. The molecule has 45 heavy (non-hydrogen) atoms. The summed E-state index contributed by atoms with van der Waals surface area (Å²) in [5.41, 5.74) is 0.833. The van der Waals surface area contributed by atoms with Crippen LogP contribution in [0.4, 0.5) is 5.69 Å². The Labute approximate surface area is 275 Å². The number of carbonyl (C=O) groups excluding carboxylic acids is 2. The Bertz CT molecular complexity index is 1580. The highest BCUT2D eigenvalue weighted by molar-refractivity contribution is 7.92. The monoisotopic (exact) mass is 679 g/mol. The number of anilines is 1. The van der Waals surface area contributed by atoms with Crippen LogP contribution in [-0.4, -0.2) is 64.6 Å². The van der Waals surface area contributed by atoms with Crippen LogP contribution in [0.5, 0.6) is 17.2 Å². The van der Waals surface area contributed by atoms with Crippen molar-refractivity contribution in [3.63, 3.8) is 0 Å². The van der Waals surface area contributed by atoms with Crippen LogP contribution >= 0.6 is 23.2 Å². The van der Waals surface area contributed by atoms with Gasteiger partial charge in [0.1, 0.15) is 18.3 Å². The van der Waals surface area contributed by atoms with Gasteiger partial charge in [0, 0.05) is 18.7 Å². The van der Waals surface area contributed by atoms with E-state index in [0.717, 1.165) is 4.31 Å². The zero-order chi connectivity index (χ0) is 33.3. The lowest BCUT2D eigenvalue weighted by Crippen LogP contribution is -2.53. The van der Waals surface area contributed by atoms with Gasteiger partial charge in [0.2, 0.25) is 11.8 Å². The number of amides is 2. The average Bonchev–Trinajstić information content (AvgIpc) is 3.01. The maximum atomic E-state index is 14.3. The third kappa shape index (κ3) is 8.96. The zero-order valence-electron chi connectivity index (χ0n) is 26.2. The van der Waals surface area contributed by atoms with Gasteiger partial charge in [0.25, 0.3) is 10.0 Å². The Balaban J connectivity index is 2.13. The molecule has 0 aliphatic heterocycles. The molecule has 0 heterocycles. The zero-order valence-corrected chi connectivity index (χ0v) is 28.5. The molecular formula is C32H39Cl2N3O7S. The third-order valence-electron chi connectivity index (χ3n) is 6.81. The van der Waals surface area contributed by atoms with Crippen molar-refractivity contribution in [2.45, 2.75) is 57.6 Å². The maximum absolute atomic E-state index is 14.3. The standard InChI is InChI=1S/C32H39Cl2N3O7S/c1-7-28(32(39)35-21(3)4)36(19-22-9-15-26(33)27(34)17-22)31(38)20-37(23-10-12-24(13-11-23)44-8-2)45(40,41)25-14-16-29(42-5)30(18-25)43-6/h9-18,21,28H,7-8,19-20H2,1-6H3,(H,35,39)/t28-/m1/s1. The summed E-state index contributed by atoms with van der Waals surface area (Å²) in [5, 5.41) is 3.49. The van der Waals surface area contributed by atoms with Crippen molar-refractivity contribution >= 4 is 50.7 Å². The Morgan fingerprint density at radius 2 is 1.56 bits per heavy atom. The Morgan fingerprint density at radius 3 is 2.11 bits per heavy atom. The molecule has 0 aromatic heterocycles. The van der Waals surface area contributed by atoms with Crippen LogP contribution in [0.3, 0.4) is 0 Å². The number of rotatable bonds is 15. The van der Waals surface area contributed by atoms with Crippen LogP contribution in [0.1, 0.15) is 39.7 Å². The summed E-state index contributed by atoms with van der Waals surface area (Å²) in [7, 11) is -1.51. The number of ether oxygens (including phenoxy) is 3. The molecule has 0 aliphatic rings. The van der Waals surface area contributed by atoms with E-state index in [0.29, 0.717) is 28.7 Å². The fourth-order valence-corrected chi connectivity index (χ4v) is 6.39. The molecule has 2 amide bonds. The number of hydrogen-bond acceptors (Lipinski definition) is 7. The van der Waals surface area contributed by atoms with Crippen LogP contribution in [0.25, 0.3) is 0 Å². The second-order valence-corrected chi connectivity index (χ2v) is 13.0. The predicted octanol–water partition coefficient (Wildman–Crippen LogP) is 5.94. The minimum Gasteiger partial charge on any atom is -0.494 e. The van der Waals surface area contributed by atoms with Gasteiger partial charge in [-0.15, -0.1) is 0 Å². The number of methoxy groups -OCH3 is 2. The van der Waals surface area contributed by atoms with E-state index in [1.807, 2.05) is 20.8 Å². The van der Waals surface area contributed by atoms with Gasteiger partial charge in [-0.2, -0.15) is 0 Å².